The number of aryl methyl sites for hydroxylation is 3. The van der Waals surface area contributed by atoms with Gasteiger partial charge in [0.1, 0.15) is 0 Å². The molecule has 0 saturated heterocycles. The van der Waals surface area contributed by atoms with E-state index in [9.17, 15) is 4.79 Å². The van der Waals surface area contributed by atoms with Gasteiger partial charge in [0.25, 0.3) is 0 Å². The quantitative estimate of drug-likeness (QED) is 0.527. The Labute approximate surface area is 177 Å². The summed E-state index contributed by atoms with van der Waals surface area (Å²) in [6, 6.07) is 6.23. The van der Waals surface area contributed by atoms with Crippen molar-refractivity contribution in [1.82, 2.24) is 14.9 Å². The monoisotopic (exact) mass is 413 g/mol. The van der Waals surface area contributed by atoms with Crippen LogP contribution in [0.2, 0.25) is 0 Å². The smallest absolute Gasteiger partial charge is 0.237 e. The van der Waals surface area contributed by atoms with Crippen LogP contribution in [-0.2, 0) is 24.1 Å². The fourth-order valence-electron chi connectivity index (χ4n) is 4.47. The summed E-state index contributed by atoms with van der Waals surface area (Å²) in [5.74, 6) is 7.77. The van der Waals surface area contributed by atoms with Gasteiger partial charge in [-0.3, -0.25) is 4.79 Å². The van der Waals surface area contributed by atoms with Crippen LogP contribution in [0.4, 0.5) is 5.69 Å². The zero-order chi connectivity index (χ0) is 20.2. The van der Waals surface area contributed by atoms with Crippen LogP contribution in [0.25, 0.3) is 0 Å². The van der Waals surface area contributed by atoms with E-state index in [1.54, 1.807) is 4.68 Å². The molecule has 7 heteroatoms. The normalized spacial score (nSPS) is 17.8. The van der Waals surface area contributed by atoms with E-state index in [0.29, 0.717) is 5.16 Å². The molecule has 1 saturated carbocycles. The number of rotatable bonds is 7. The number of benzene rings is 1. The van der Waals surface area contributed by atoms with Gasteiger partial charge in [0, 0.05) is 12.1 Å². The van der Waals surface area contributed by atoms with E-state index < -0.39 is 0 Å². The van der Waals surface area contributed by atoms with Gasteiger partial charge in [-0.05, 0) is 61.8 Å². The summed E-state index contributed by atoms with van der Waals surface area (Å²) in [6.07, 6.45) is 12.1. The van der Waals surface area contributed by atoms with Gasteiger partial charge in [-0.15, -0.1) is 10.2 Å². The molecule has 1 aromatic heterocycles. The van der Waals surface area contributed by atoms with E-state index in [1.165, 1.54) is 61.4 Å². The van der Waals surface area contributed by atoms with E-state index >= 15 is 0 Å². The fourth-order valence-corrected chi connectivity index (χ4v) is 5.26. The Morgan fingerprint density at radius 2 is 2.00 bits per heavy atom. The predicted molar refractivity (Wildman–Crippen MR) is 117 cm³/mol. The standard InChI is InChI=1S/C22H31N5OS/c1-15(21(28)24-19-12-11-17-8-5-9-18(17)14-19)29-22-26-25-20(27(22)23)13-10-16-6-3-2-4-7-16/h11-12,14-16H,2-10,13,23H2,1H3,(H,24,28)/t15-/m1/s1. The van der Waals surface area contributed by atoms with E-state index in [2.05, 4.69) is 27.6 Å². The molecular formula is C22H31N5OS. The van der Waals surface area contributed by atoms with Crippen molar-refractivity contribution in [2.45, 2.75) is 81.5 Å². The first kappa shape index (κ1) is 20.3. The number of nitrogens with zero attached hydrogens (tertiary/aromatic N) is 3. The third-order valence-electron chi connectivity index (χ3n) is 6.25. The number of nitrogens with one attached hydrogen (secondary N) is 1. The molecule has 1 fully saturated rings. The summed E-state index contributed by atoms with van der Waals surface area (Å²) in [7, 11) is 0. The molecule has 0 spiro atoms. The van der Waals surface area contributed by atoms with Crippen molar-refractivity contribution in [3.63, 3.8) is 0 Å². The molecule has 2 aromatic rings. The number of nitrogen functional groups attached to an aromatic ring is 1. The minimum absolute atomic E-state index is 0.0419. The maximum Gasteiger partial charge on any atom is 0.237 e. The van der Waals surface area contributed by atoms with Crippen molar-refractivity contribution < 1.29 is 4.79 Å². The highest BCUT2D eigenvalue weighted by atomic mass is 32.2. The van der Waals surface area contributed by atoms with Gasteiger partial charge in [-0.1, -0.05) is 49.9 Å². The van der Waals surface area contributed by atoms with E-state index in [-0.39, 0.29) is 11.2 Å². The van der Waals surface area contributed by atoms with Crippen LogP contribution in [0.5, 0.6) is 0 Å². The molecule has 1 amide bonds. The van der Waals surface area contributed by atoms with Gasteiger partial charge < -0.3 is 11.2 Å². The lowest BCUT2D eigenvalue weighted by molar-refractivity contribution is -0.115. The average molecular weight is 414 g/mol. The number of amides is 1. The number of nitrogens with two attached hydrogens (primary N) is 1. The van der Waals surface area contributed by atoms with Crippen LogP contribution >= 0.6 is 11.8 Å². The number of hydrogen-bond acceptors (Lipinski definition) is 5. The summed E-state index contributed by atoms with van der Waals surface area (Å²) >= 11 is 1.36. The van der Waals surface area contributed by atoms with Crippen LogP contribution in [0.15, 0.2) is 23.4 Å². The SMILES string of the molecule is C[C@@H](Sc1nnc(CCC2CCCCC2)n1N)C(=O)Nc1ccc2c(c1)CCC2. The number of thioether (sulfide) groups is 1. The van der Waals surface area contributed by atoms with Gasteiger partial charge in [-0.25, -0.2) is 4.68 Å². The zero-order valence-electron chi connectivity index (χ0n) is 17.2. The molecular weight excluding hydrogens is 382 g/mol. The Morgan fingerprint density at radius 3 is 2.83 bits per heavy atom. The minimum atomic E-state index is -0.305. The van der Waals surface area contributed by atoms with Gasteiger partial charge in [-0.2, -0.15) is 0 Å². The van der Waals surface area contributed by atoms with Gasteiger partial charge in [0.2, 0.25) is 11.1 Å². The summed E-state index contributed by atoms with van der Waals surface area (Å²) in [5.41, 5.74) is 3.63. The maximum atomic E-state index is 12.6. The molecule has 156 valence electrons. The Bertz CT molecular complexity index is 859. The molecule has 6 nitrogen and oxygen atoms in total. The first-order valence-corrected chi connectivity index (χ1v) is 11.8. The average Bonchev–Trinajstić information content (AvgIpc) is 3.34. The Kier molecular flexibility index (Phi) is 6.43. The molecule has 1 aromatic carbocycles. The molecule has 0 aliphatic heterocycles. The van der Waals surface area contributed by atoms with Crippen molar-refractivity contribution in [2.75, 3.05) is 11.2 Å². The molecule has 0 unspecified atom stereocenters. The first-order valence-electron chi connectivity index (χ1n) is 10.9. The summed E-state index contributed by atoms with van der Waals surface area (Å²) in [6.45, 7) is 1.88. The van der Waals surface area contributed by atoms with Crippen molar-refractivity contribution >= 4 is 23.4 Å². The molecule has 2 aliphatic carbocycles. The molecule has 1 atom stereocenters. The van der Waals surface area contributed by atoms with Gasteiger partial charge >= 0.3 is 0 Å². The second-order valence-electron chi connectivity index (χ2n) is 8.40. The summed E-state index contributed by atoms with van der Waals surface area (Å²) in [4.78, 5) is 12.6. The number of fused-ring (bicyclic) bond motifs is 1. The topological polar surface area (TPSA) is 85.8 Å². The van der Waals surface area contributed by atoms with Crippen molar-refractivity contribution in [1.29, 1.82) is 0 Å². The van der Waals surface area contributed by atoms with Crippen molar-refractivity contribution in [2.24, 2.45) is 5.92 Å². The molecule has 0 radical (unpaired) electrons. The number of carbonyl (C=O) groups excluding carboxylic acids is 1. The fraction of sp³-hybridized carbons (Fsp3) is 0.591. The lowest BCUT2D eigenvalue weighted by Gasteiger charge is -2.20. The van der Waals surface area contributed by atoms with Crippen LogP contribution in [0, 0.1) is 5.92 Å². The first-order chi connectivity index (χ1) is 14.1. The molecule has 4 rings (SSSR count). The highest BCUT2D eigenvalue weighted by Crippen LogP contribution is 2.29. The second kappa shape index (κ2) is 9.20. The Balaban J connectivity index is 1.31. The maximum absolute atomic E-state index is 12.6. The summed E-state index contributed by atoms with van der Waals surface area (Å²) in [5, 5.41) is 11.8. The molecule has 0 bridgehead atoms. The van der Waals surface area contributed by atoms with Gasteiger partial charge in [0.05, 0.1) is 5.25 Å². The van der Waals surface area contributed by atoms with Crippen LogP contribution in [-0.4, -0.2) is 26.0 Å². The number of aromatic nitrogens is 3. The second-order valence-corrected chi connectivity index (χ2v) is 9.71. The lowest BCUT2D eigenvalue weighted by atomic mass is 9.86. The number of hydrogen-bond donors (Lipinski definition) is 2. The predicted octanol–water partition coefficient (Wildman–Crippen LogP) is 4.11. The lowest BCUT2D eigenvalue weighted by Crippen LogP contribution is -2.24. The third kappa shape index (κ3) is 4.94. The van der Waals surface area contributed by atoms with E-state index in [4.69, 9.17) is 5.84 Å². The molecule has 1 heterocycles. The third-order valence-corrected chi connectivity index (χ3v) is 7.31. The van der Waals surface area contributed by atoms with E-state index in [0.717, 1.165) is 43.1 Å². The van der Waals surface area contributed by atoms with Gasteiger partial charge in [0.15, 0.2) is 5.82 Å². The number of anilines is 1. The van der Waals surface area contributed by atoms with Crippen LogP contribution in [0.3, 0.4) is 0 Å². The van der Waals surface area contributed by atoms with Crippen molar-refractivity contribution in [3.8, 4) is 0 Å². The van der Waals surface area contributed by atoms with Crippen molar-refractivity contribution in [3.05, 3.63) is 35.2 Å². The molecule has 29 heavy (non-hydrogen) atoms. The highest BCUT2D eigenvalue weighted by molar-refractivity contribution is 8.00. The summed E-state index contributed by atoms with van der Waals surface area (Å²) < 4.78 is 1.56. The zero-order valence-corrected chi connectivity index (χ0v) is 18.0. The Morgan fingerprint density at radius 1 is 1.21 bits per heavy atom. The van der Waals surface area contributed by atoms with E-state index in [1.807, 2.05) is 13.0 Å². The van der Waals surface area contributed by atoms with Crippen LogP contribution in [0.1, 0.15) is 68.8 Å². The molecule has 3 N–H and O–H groups in total. The number of carbonyl (C=O) groups is 1. The largest absolute Gasteiger partial charge is 0.336 e. The minimum Gasteiger partial charge on any atom is -0.336 e. The highest BCUT2D eigenvalue weighted by Gasteiger charge is 2.21. The molecule has 2 aliphatic rings. The van der Waals surface area contributed by atoms with Crippen LogP contribution < -0.4 is 11.2 Å². The Hall–Kier alpha value is -2.02.